The molecular weight excluding hydrogens is 484 g/mol. The number of furan rings is 1. The fourth-order valence-corrected chi connectivity index (χ4v) is 4.79. The van der Waals surface area contributed by atoms with Gasteiger partial charge in [-0.15, -0.1) is 0 Å². The molecule has 7 heteroatoms. The quantitative estimate of drug-likeness (QED) is 0.384. The van der Waals surface area contributed by atoms with E-state index in [-0.39, 0.29) is 11.3 Å². The molecule has 2 aromatic carbocycles. The summed E-state index contributed by atoms with van der Waals surface area (Å²) in [6, 6.07) is 15.8. The molecule has 6 nitrogen and oxygen atoms in total. The van der Waals surface area contributed by atoms with Crippen LogP contribution in [0.5, 0.6) is 0 Å². The van der Waals surface area contributed by atoms with E-state index in [4.69, 9.17) is 4.42 Å². The summed E-state index contributed by atoms with van der Waals surface area (Å²) in [5.41, 5.74) is 1.39. The molecule has 0 aliphatic carbocycles. The summed E-state index contributed by atoms with van der Waals surface area (Å²) < 4.78 is 6.60. The number of para-hydroxylation sites is 1. The molecule has 0 spiro atoms. The number of carbonyl (C=O) groups excluding carboxylic acids is 2. The van der Waals surface area contributed by atoms with Crippen molar-refractivity contribution in [2.45, 2.75) is 26.3 Å². The molecule has 0 radical (unpaired) electrons. The zero-order valence-electron chi connectivity index (χ0n) is 18.8. The number of fused-ring (bicyclic) bond motifs is 1. The van der Waals surface area contributed by atoms with Crippen LogP contribution in [0.25, 0.3) is 11.0 Å². The highest BCUT2D eigenvalue weighted by Crippen LogP contribution is 2.40. The van der Waals surface area contributed by atoms with Crippen molar-refractivity contribution in [1.29, 1.82) is 0 Å². The largest absolute Gasteiger partial charge is 0.503 e. The van der Waals surface area contributed by atoms with Gasteiger partial charge in [0.15, 0.2) is 11.5 Å². The minimum Gasteiger partial charge on any atom is -0.503 e. The molecule has 0 saturated carbocycles. The number of halogens is 1. The highest BCUT2D eigenvalue weighted by molar-refractivity contribution is 9.10. The van der Waals surface area contributed by atoms with Gasteiger partial charge in [-0.25, -0.2) is 0 Å². The summed E-state index contributed by atoms with van der Waals surface area (Å²) >= 11 is 3.48. The lowest BCUT2D eigenvalue weighted by molar-refractivity contribution is -0.129. The van der Waals surface area contributed by atoms with Crippen molar-refractivity contribution in [3.8, 4) is 0 Å². The third-order valence-corrected chi connectivity index (χ3v) is 6.62. The van der Waals surface area contributed by atoms with E-state index < -0.39 is 23.5 Å². The fraction of sp³-hybridized carbons (Fsp3) is 0.308. The number of benzene rings is 2. The van der Waals surface area contributed by atoms with Crippen LogP contribution in [0.1, 0.15) is 42.4 Å². The summed E-state index contributed by atoms with van der Waals surface area (Å²) in [6.07, 6.45) is 0.733. The third-order valence-electron chi connectivity index (χ3n) is 6.13. The number of carbonyl (C=O) groups is 2. The lowest BCUT2D eigenvalue weighted by atomic mass is 9.95. The Balaban J connectivity index is 1.70. The number of Topliss-reactive ketones (excluding diaryl/α,β-unsaturated/α-hetero) is 1. The molecule has 33 heavy (non-hydrogen) atoms. The van der Waals surface area contributed by atoms with Crippen LogP contribution in [0.15, 0.2) is 74.8 Å². The molecule has 1 amide bonds. The normalized spacial score (nSPS) is 16.4. The smallest absolute Gasteiger partial charge is 0.290 e. The van der Waals surface area contributed by atoms with Gasteiger partial charge in [0.25, 0.3) is 5.91 Å². The highest BCUT2D eigenvalue weighted by atomic mass is 79.9. The molecule has 1 aromatic heterocycles. The molecular formula is C26H27BrN2O4. The summed E-state index contributed by atoms with van der Waals surface area (Å²) in [5.74, 6) is -1.41. The fourth-order valence-electron chi connectivity index (χ4n) is 4.37. The summed E-state index contributed by atoms with van der Waals surface area (Å²) in [6.45, 7) is 7.32. The van der Waals surface area contributed by atoms with Gasteiger partial charge in [-0.1, -0.05) is 60.1 Å². The Morgan fingerprint density at radius 1 is 1.12 bits per heavy atom. The Kier molecular flexibility index (Phi) is 7.00. The van der Waals surface area contributed by atoms with Crippen molar-refractivity contribution in [3.05, 3.63) is 81.7 Å². The SMILES string of the molecule is CCN(CC)CCCN1C(=O)C(O)=C(C(=O)c2cc3ccccc3o2)[C@@H]1c1cccc(Br)c1. The predicted molar refractivity (Wildman–Crippen MR) is 131 cm³/mol. The van der Waals surface area contributed by atoms with Gasteiger partial charge in [-0.05, 0) is 55.9 Å². The topological polar surface area (TPSA) is 74.0 Å². The number of aliphatic hydroxyl groups is 1. The molecule has 1 atom stereocenters. The number of rotatable bonds is 9. The number of aliphatic hydroxyl groups excluding tert-OH is 1. The van der Waals surface area contributed by atoms with Crippen LogP contribution in [0.4, 0.5) is 0 Å². The highest BCUT2D eigenvalue weighted by Gasteiger charge is 2.44. The molecule has 0 saturated heterocycles. The average Bonchev–Trinajstić information content (AvgIpc) is 3.36. The number of hydrogen-bond donors (Lipinski definition) is 1. The summed E-state index contributed by atoms with van der Waals surface area (Å²) in [7, 11) is 0. The minimum absolute atomic E-state index is 0.0556. The van der Waals surface area contributed by atoms with Gasteiger partial charge in [0.05, 0.1) is 11.6 Å². The Bertz CT molecular complexity index is 1180. The van der Waals surface area contributed by atoms with Crippen molar-refractivity contribution in [2.75, 3.05) is 26.2 Å². The van der Waals surface area contributed by atoms with Gasteiger partial charge in [0.1, 0.15) is 5.58 Å². The first-order valence-corrected chi connectivity index (χ1v) is 12.0. The zero-order valence-corrected chi connectivity index (χ0v) is 20.3. The second-order valence-electron chi connectivity index (χ2n) is 8.08. The molecule has 4 rings (SSSR count). The second-order valence-corrected chi connectivity index (χ2v) is 8.99. The van der Waals surface area contributed by atoms with E-state index in [0.29, 0.717) is 12.1 Å². The maximum atomic E-state index is 13.6. The standard InChI is InChI=1S/C26H27BrN2O4/c1-3-28(4-2)13-8-14-29-23(18-10-7-11-19(27)15-18)22(25(31)26(29)32)24(30)21-16-17-9-5-6-12-20(17)33-21/h5-7,9-12,15-16,23,31H,3-4,8,13-14H2,1-2H3/t23-/m0/s1. The van der Waals surface area contributed by atoms with Crippen LogP contribution < -0.4 is 0 Å². The molecule has 0 fully saturated rings. The summed E-state index contributed by atoms with van der Waals surface area (Å²) in [4.78, 5) is 30.5. The van der Waals surface area contributed by atoms with Crippen molar-refractivity contribution in [3.63, 3.8) is 0 Å². The van der Waals surface area contributed by atoms with E-state index >= 15 is 0 Å². The van der Waals surface area contributed by atoms with E-state index in [0.717, 1.165) is 41.5 Å². The predicted octanol–water partition coefficient (Wildman–Crippen LogP) is 5.51. The van der Waals surface area contributed by atoms with Gasteiger partial charge in [0, 0.05) is 16.4 Å². The summed E-state index contributed by atoms with van der Waals surface area (Å²) in [5, 5.41) is 11.6. The van der Waals surface area contributed by atoms with Crippen LogP contribution in [-0.2, 0) is 4.79 Å². The number of ketones is 1. The Hall–Kier alpha value is -2.90. The van der Waals surface area contributed by atoms with Crippen LogP contribution >= 0.6 is 15.9 Å². The van der Waals surface area contributed by atoms with Crippen LogP contribution in [0.2, 0.25) is 0 Å². The first kappa shape index (κ1) is 23.3. The molecule has 1 aliphatic heterocycles. The Labute approximate surface area is 201 Å². The maximum absolute atomic E-state index is 13.6. The van der Waals surface area contributed by atoms with Crippen molar-refractivity contribution in [2.24, 2.45) is 0 Å². The molecule has 3 aromatic rings. The monoisotopic (exact) mass is 510 g/mol. The minimum atomic E-state index is -0.688. The van der Waals surface area contributed by atoms with Crippen LogP contribution in [0, 0.1) is 0 Å². The molecule has 0 bridgehead atoms. The van der Waals surface area contributed by atoms with Gasteiger partial charge in [0.2, 0.25) is 5.78 Å². The van der Waals surface area contributed by atoms with Gasteiger partial charge < -0.3 is 19.3 Å². The Morgan fingerprint density at radius 3 is 2.58 bits per heavy atom. The number of amides is 1. The molecule has 172 valence electrons. The van der Waals surface area contributed by atoms with Crippen molar-refractivity contribution < 1.29 is 19.1 Å². The lowest BCUT2D eigenvalue weighted by Gasteiger charge is -2.28. The maximum Gasteiger partial charge on any atom is 0.290 e. The lowest BCUT2D eigenvalue weighted by Crippen LogP contribution is -2.34. The van der Waals surface area contributed by atoms with Gasteiger partial charge >= 0.3 is 0 Å². The number of nitrogens with zero attached hydrogens (tertiary/aromatic N) is 2. The van der Waals surface area contributed by atoms with Crippen molar-refractivity contribution >= 4 is 38.6 Å². The first-order chi connectivity index (χ1) is 15.9. The van der Waals surface area contributed by atoms with Crippen LogP contribution in [0.3, 0.4) is 0 Å². The van der Waals surface area contributed by atoms with E-state index in [1.807, 2.05) is 42.5 Å². The zero-order chi connectivity index (χ0) is 23.5. The van der Waals surface area contributed by atoms with Gasteiger partial charge in [-0.2, -0.15) is 0 Å². The van der Waals surface area contributed by atoms with E-state index in [1.165, 1.54) is 0 Å². The Morgan fingerprint density at radius 2 is 1.88 bits per heavy atom. The average molecular weight is 511 g/mol. The first-order valence-electron chi connectivity index (χ1n) is 11.2. The van der Waals surface area contributed by atoms with E-state index in [2.05, 4.69) is 34.7 Å². The van der Waals surface area contributed by atoms with Gasteiger partial charge in [-0.3, -0.25) is 9.59 Å². The van der Waals surface area contributed by atoms with E-state index in [9.17, 15) is 14.7 Å². The molecule has 1 aliphatic rings. The number of hydrogen-bond acceptors (Lipinski definition) is 5. The molecule has 2 heterocycles. The molecule has 1 N–H and O–H groups in total. The van der Waals surface area contributed by atoms with E-state index in [1.54, 1.807) is 17.0 Å². The molecule has 0 unspecified atom stereocenters. The van der Waals surface area contributed by atoms with Crippen LogP contribution in [-0.4, -0.2) is 52.8 Å². The second kappa shape index (κ2) is 9.93. The third kappa shape index (κ3) is 4.61. The van der Waals surface area contributed by atoms with Crippen molar-refractivity contribution in [1.82, 2.24) is 9.80 Å².